The maximum atomic E-state index is 13.0. The second-order valence-corrected chi connectivity index (χ2v) is 7.20. The number of hydrogen-bond acceptors (Lipinski definition) is 3. The number of anilines is 1. The van der Waals surface area contributed by atoms with Gasteiger partial charge in [-0.3, -0.25) is 9.59 Å². The van der Waals surface area contributed by atoms with E-state index in [1.807, 2.05) is 12.2 Å². The van der Waals surface area contributed by atoms with Crippen LogP contribution in [0.1, 0.15) is 19.8 Å². The van der Waals surface area contributed by atoms with E-state index in [9.17, 15) is 14.0 Å². The summed E-state index contributed by atoms with van der Waals surface area (Å²) in [4.78, 5) is 25.1. The van der Waals surface area contributed by atoms with Crippen LogP contribution in [0.25, 0.3) is 0 Å². The molecule has 1 amide bonds. The minimum atomic E-state index is -0.819. The molecule has 1 aromatic rings. The van der Waals surface area contributed by atoms with Crippen LogP contribution < -0.4 is 5.32 Å². The first-order valence-electron chi connectivity index (χ1n) is 7.92. The lowest BCUT2D eigenvalue weighted by Gasteiger charge is -2.27. The average molecular weight is 421 g/mol. The Balaban J connectivity index is 2.07. The molecule has 3 atom stereocenters. The predicted octanol–water partition coefficient (Wildman–Crippen LogP) is 5.16. The highest BCUT2D eigenvalue weighted by Crippen LogP contribution is 2.30. The third-order valence-corrected chi connectivity index (χ3v) is 5.11. The molecule has 8 heteroatoms. The fraction of sp³-hybridized carbons (Fsp3) is 0.333. The first kappa shape index (κ1) is 20.7. The van der Waals surface area contributed by atoms with Crippen LogP contribution >= 0.6 is 34.8 Å². The maximum absolute atomic E-state index is 13.0. The van der Waals surface area contributed by atoms with E-state index in [4.69, 9.17) is 39.5 Å². The highest BCUT2D eigenvalue weighted by Gasteiger charge is 2.36. The molecular weight excluding hydrogens is 404 g/mol. The van der Waals surface area contributed by atoms with Crippen molar-refractivity contribution >= 4 is 52.4 Å². The van der Waals surface area contributed by atoms with Crippen molar-refractivity contribution < 1.29 is 18.7 Å². The van der Waals surface area contributed by atoms with Gasteiger partial charge in [0.1, 0.15) is 16.4 Å². The third-order valence-electron chi connectivity index (χ3n) is 4.01. The Kier molecular flexibility index (Phi) is 7.50. The number of carbonyl (C=O) groups is 2. The van der Waals surface area contributed by atoms with Gasteiger partial charge in [-0.05, 0) is 44.0 Å². The van der Waals surface area contributed by atoms with Gasteiger partial charge in [0.15, 0.2) is 0 Å². The summed E-state index contributed by atoms with van der Waals surface area (Å²) in [5.41, 5.74) is 0.450. The van der Waals surface area contributed by atoms with E-state index < -0.39 is 29.7 Å². The second kappa shape index (κ2) is 9.40. The largest absolute Gasteiger partial charge is 0.457 e. The van der Waals surface area contributed by atoms with E-state index in [0.717, 1.165) is 0 Å². The van der Waals surface area contributed by atoms with Crippen molar-refractivity contribution in [2.45, 2.75) is 25.9 Å². The highest BCUT2D eigenvalue weighted by molar-refractivity contribution is 6.59. The lowest BCUT2D eigenvalue weighted by atomic mass is 9.82. The molecule has 0 fully saturated rings. The van der Waals surface area contributed by atoms with Crippen molar-refractivity contribution in [3.05, 3.63) is 51.8 Å². The number of ether oxygens (including phenoxy) is 1. The van der Waals surface area contributed by atoms with Gasteiger partial charge in [-0.25, -0.2) is 4.39 Å². The molecule has 0 unspecified atom stereocenters. The molecule has 0 spiro atoms. The first-order chi connectivity index (χ1) is 12.3. The van der Waals surface area contributed by atoms with Gasteiger partial charge in [-0.2, -0.15) is 0 Å². The molecular formula is C18H17Cl3FNO3. The fourth-order valence-corrected chi connectivity index (χ4v) is 2.95. The summed E-state index contributed by atoms with van der Waals surface area (Å²) < 4.78 is 18.1. The summed E-state index contributed by atoms with van der Waals surface area (Å²) in [6.07, 6.45) is 3.60. The normalized spacial score (nSPS) is 20.2. The van der Waals surface area contributed by atoms with Crippen molar-refractivity contribution in [3.63, 3.8) is 0 Å². The highest BCUT2D eigenvalue weighted by atomic mass is 35.5. The average Bonchev–Trinajstić information content (AvgIpc) is 2.62. The van der Waals surface area contributed by atoms with Crippen molar-refractivity contribution in [3.8, 4) is 0 Å². The van der Waals surface area contributed by atoms with Crippen LogP contribution in [-0.2, 0) is 14.3 Å². The molecule has 1 aliphatic carbocycles. The zero-order valence-electron chi connectivity index (χ0n) is 13.8. The number of esters is 1. The third kappa shape index (κ3) is 5.47. The molecule has 0 radical (unpaired) electrons. The summed E-state index contributed by atoms with van der Waals surface area (Å²) in [5, 5.41) is 2.71. The second-order valence-electron chi connectivity index (χ2n) is 5.84. The van der Waals surface area contributed by atoms with Crippen LogP contribution in [0.5, 0.6) is 0 Å². The van der Waals surface area contributed by atoms with Crippen LogP contribution in [0.4, 0.5) is 10.1 Å². The number of carbonyl (C=O) groups excluding carboxylic acids is 2. The summed E-state index contributed by atoms with van der Waals surface area (Å²) in [6, 6.07) is 5.39. The van der Waals surface area contributed by atoms with E-state index in [0.29, 0.717) is 18.5 Å². The van der Waals surface area contributed by atoms with Gasteiger partial charge in [-0.1, -0.05) is 47.0 Å². The summed E-state index contributed by atoms with van der Waals surface area (Å²) in [6.45, 7) is 1.54. The van der Waals surface area contributed by atoms with E-state index >= 15 is 0 Å². The van der Waals surface area contributed by atoms with Gasteiger partial charge in [0.2, 0.25) is 5.91 Å². The quantitative estimate of drug-likeness (QED) is 0.528. The van der Waals surface area contributed by atoms with Crippen molar-refractivity contribution in [1.29, 1.82) is 0 Å². The number of rotatable bonds is 5. The number of halogens is 4. The van der Waals surface area contributed by atoms with Crippen LogP contribution in [0.15, 0.2) is 45.9 Å². The Labute approximate surface area is 165 Å². The number of allylic oxidation sites excluding steroid dienone is 2. The van der Waals surface area contributed by atoms with Crippen molar-refractivity contribution in [2.24, 2.45) is 11.8 Å². The van der Waals surface area contributed by atoms with Crippen LogP contribution in [0.2, 0.25) is 0 Å². The molecule has 2 rings (SSSR count). The molecule has 0 aromatic heterocycles. The minimum Gasteiger partial charge on any atom is -0.457 e. The van der Waals surface area contributed by atoms with Crippen LogP contribution in [0.3, 0.4) is 0 Å². The molecule has 0 aliphatic heterocycles. The monoisotopic (exact) mass is 419 g/mol. The van der Waals surface area contributed by atoms with Gasteiger partial charge < -0.3 is 10.1 Å². The van der Waals surface area contributed by atoms with E-state index in [1.165, 1.54) is 31.2 Å². The van der Waals surface area contributed by atoms with Crippen LogP contribution in [0, 0.1) is 17.7 Å². The Morgan fingerprint density at radius 3 is 2.27 bits per heavy atom. The maximum Gasteiger partial charge on any atom is 0.310 e. The van der Waals surface area contributed by atoms with Gasteiger partial charge in [0, 0.05) is 5.69 Å². The number of benzene rings is 1. The molecule has 1 aliphatic rings. The summed E-state index contributed by atoms with van der Waals surface area (Å²) in [7, 11) is 0. The van der Waals surface area contributed by atoms with E-state index in [-0.39, 0.29) is 15.4 Å². The van der Waals surface area contributed by atoms with Gasteiger partial charge in [0.05, 0.1) is 16.9 Å². The smallest absolute Gasteiger partial charge is 0.310 e. The first-order valence-corrected chi connectivity index (χ1v) is 9.05. The van der Waals surface area contributed by atoms with Crippen molar-refractivity contribution in [1.82, 2.24) is 0 Å². The Morgan fingerprint density at radius 1 is 1.12 bits per heavy atom. The standard InChI is InChI=1S/C18H17Cl3FNO3/c1-10(15(19)16(20)21)26-18(25)14-5-3-2-4-13(14)17(24)23-12-8-6-11(22)7-9-12/h2-3,6-10,13-14H,4-5H2,1H3,(H,23,24)/t10-,13+,14+/m0/s1. The number of nitrogens with one attached hydrogen (secondary N) is 1. The van der Waals surface area contributed by atoms with Gasteiger partial charge in [0.25, 0.3) is 0 Å². The number of amides is 1. The SMILES string of the molecule is C[C@H](OC(=O)[C@@H]1CC=CC[C@H]1C(=O)Nc1ccc(F)cc1)C(Cl)=C(Cl)Cl. The molecule has 1 aromatic carbocycles. The number of hydrogen-bond donors (Lipinski definition) is 1. The molecule has 0 bridgehead atoms. The lowest BCUT2D eigenvalue weighted by Crippen LogP contribution is -2.36. The zero-order valence-corrected chi connectivity index (χ0v) is 16.1. The van der Waals surface area contributed by atoms with Crippen molar-refractivity contribution in [2.75, 3.05) is 5.32 Å². The molecule has 140 valence electrons. The van der Waals surface area contributed by atoms with E-state index in [1.54, 1.807) is 0 Å². The Hall–Kier alpha value is -1.56. The molecule has 0 saturated heterocycles. The van der Waals surface area contributed by atoms with Gasteiger partial charge >= 0.3 is 5.97 Å². The van der Waals surface area contributed by atoms with E-state index in [2.05, 4.69) is 5.32 Å². The Bertz CT molecular complexity index is 730. The van der Waals surface area contributed by atoms with Gasteiger partial charge in [-0.15, -0.1) is 0 Å². The predicted molar refractivity (Wildman–Crippen MR) is 101 cm³/mol. The molecule has 0 heterocycles. The topological polar surface area (TPSA) is 55.4 Å². The molecule has 4 nitrogen and oxygen atoms in total. The molecule has 1 N–H and O–H groups in total. The molecule has 0 saturated carbocycles. The lowest BCUT2D eigenvalue weighted by molar-refractivity contribution is -0.155. The Morgan fingerprint density at radius 2 is 1.69 bits per heavy atom. The summed E-state index contributed by atoms with van der Waals surface area (Å²) in [5.74, 6) is -2.58. The minimum absolute atomic E-state index is 0.0142. The fourth-order valence-electron chi connectivity index (χ4n) is 2.60. The zero-order chi connectivity index (χ0) is 19.3. The molecule has 26 heavy (non-hydrogen) atoms. The summed E-state index contributed by atoms with van der Waals surface area (Å²) >= 11 is 17.1. The van der Waals surface area contributed by atoms with Crippen LogP contribution in [-0.4, -0.2) is 18.0 Å².